The molecule has 0 aliphatic heterocycles. The van der Waals surface area contributed by atoms with Crippen LogP contribution in [0.1, 0.15) is 13.3 Å². The highest BCUT2D eigenvalue weighted by Crippen LogP contribution is 1.98. The topological polar surface area (TPSA) is 92.7 Å². The van der Waals surface area contributed by atoms with E-state index < -0.39 is 22.7 Å². The minimum Gasteiger partial charge on any atom is -0.481 e. The second kappa shape index (κ2) is 9.12. The zero-order chi connectivity index (χ0) is 13.3. The fraction of sp³-hybridized carbons (Fsp3) is 0.800. The predicted molar refractivity (Wildman–Crippen MR) is 64.2 cm³/mol. The van der Waals surface area contributed by atoms with Gasteiger partial charge in [0.15, 0.2) is 0 Å². The van der Waals surface area contributed by atoms with Gasteiger partial charge in [-0.25, -0.2) is 0 Å². The molecule has 0 fully saturated rings. The Bertz CT molecular complexity index is 282. The highest BCUT2D eigenvalue weighted by molar-refractivity contribution is 7.85. The van der Waals surface area contributed by atoms with Crippen LogP contribution in [0.5, 0.6) is 0 Å². The molecule has 0 aliphatic rings. The van der Waals surface area contributed by atoms with Crippen LogP contribution in [0.4, 0.5) is 0 Å². The molecule has 2 N–H and O–H groups in total. The Kier molecular flexibility index (Phi) is 8.61. The largest absolute Gasteiger partial charge is 0.481 e. The van der Waals surface area contributed by atoms with Crippen LogP contribution >= 0.6 is 0 Å². The van der Waals surface area contributed by atoms with E-state index in [1.54, 1.807) is 7.11 Å². The van der Waals surface area contributed by atoms with Gasteiger partial charge in [0.05, 0.1) is 5.92 Å². The first-order valence-electron chi connectivity index (χ1n) is 5.30. The zero-order valence-electron chi connectivity index (χ0n) is 10.1. The van der Waals surface area contributed by atoms with E-state index in [9.17, 15) is 13.8 Å². The van der Waals surface area contributed by atoms with Crippen molar-refractivity contribution in [2.45, 2.75) is 13.3 Å². The van der Waals surface area contributed by atoms with Gasteiger partial charge in [0, 0.05) is 36.8 Å². The van der Waals surface area contributed by atoms with E-state index in [-0.39, 0.29) is 17.4 Å². The van der Waals surface area contributed by atoms with E-state index in [0.717, 1.165) is 0 Å². The van der Waals surface area contributed by atoms with Crippen LogP contribution in [-0.2, 0) is 25.1 Å². The summed E-state index contributed by atoms with van der Waals surface area (Å²) in [4.78, 5) is 21.8. The zero-order valence-corrected chi connectivity index (χ0v) is 10.9. The highest BCUT2D eigenvalue weighted by Gasteiger charge is 2.16. The molecular formula is C10H19NO5S. The first kappa shape index (κ1) is 16.1. The van der Waals surface area contributed by atoms with E-state index in [1.165, 1.54) is 6.92 Å². The molecule has 0 bridgehead atoms. The lowest BCUT2D eigenvalue weighted by Gasteiger charge is -2.07. The molecule has 0 aromatic rings. The standard InChI is InChI=1S/C10H19NO5S/c1-8(10(13)14)6-17(15)7-9(12)11-4-3-5-16-2/h8H,3-7H2,1-2H3,(H,11,12)(H,13,14). The van der Waals surface area contributed by atoms with Gasteiger partial charge < -0.3 is 15.2 Å². The Morgan fingerprint density at radius 1 is 1.47 bits per heavy atom. The third-order valence-electron chi connectivity index (χ3n) is 2.00. The lowest BCUT2D eigenvalue weighted by molar-refractivity contribution is -0.140. The molecule has 0 aromatic heterocycles. The summed E-state index contributed by atoms with van der Waals surface area (Å²) in [7, 11) is 0.141. The van der Waals surface area contributed by atoms with Gasteiger partial charge >= 0.3 is 5.97 Å². The quantitative estimate of drug-likeness (QED) is 0.554. The highest BCUT2D eigenvalue weighted by atomic mass is 32.2. The molecule has 0 radical (unpaired) electrons. The molecule has 0 rings (SSSR count). The summed E-state index contributed by atoms with van der Waals surface area (Å²) < 4.78 is 16.2. The average Bonchev–Trinajstić information content (AvgIpc) is 2.24. The van der Waals surface area contributed by atoms with Gasteiger partial charge in [0.2, 0.25) is 5.91 Å². The van der Waals surface area contributed by atoms with Gasteiger partial charge in [-0.3, -0.25) is 13.8 Å². The van der Waals surface area contributed by atoms with Crippen LogP contribution in [0.3, 0.4) is 0 Å². The number of carboxylic acids is 1. The SMILES string of the molecule is COCCCNC(=O)CS(=O)CC(C)C(=O)O. The second-order valence-corrected chi connectivity index (χ2v) is 5.19. The number of carbonyl (C=O) groups excluding carboxylic acids is 1. The van der Waals surface area contributed by atoms with Crippen LogP contribution in [0.2, 0.25) is 0 Å². The number of hydrogen-bond acceptors (Lipinski definition) is 4. The average molecular weight is 265 g/mol. The molecule has 0 aliphatic carbocycles. The van der Waals surface area contributed by atoms with Crippen LogP contribution in [0.15, 0.2) is 0 Å². The number of ether oxygens (including phenoxy) is 1. The lowest BCUT2D eigenvalue weighted by Crippen LogP contribution is -2.31. The fourth-order valence-corrected chi connectivity index (χ4v) is 2.26. The number of amides is 1. The van der Waals surface area contributed by atoms with Crippen molar-refractivity contribution in [1.29, 1.82) is 0 Å². The van der Waals surface area contributed by atoms with Crippen molar-refractivity contribution in [2.75, 3.05) is 31.8 Å². The van der Waals surface area contributed by atoms with E-state index in [0.29, 0.717) is 19.6 Å². The van der Waals surface area contributed by atoms with Gasteiger partial charge in [-0.2, -0.15) is 0 Å². The Morgan fingerprint density at radius 3 is 2.65 bits per heavy atom. The molecule has 0 aromatic carbocycles. The summed E-state index contributed by atoms with van der Waals surface area (Å²) in [5, 5.41) is 11.2. The van der Waals surface area contributed by atoms with Crippen LogP contribution in [0.25, 0.3) is 0 Å². The maximum atomic E-state index is 11.4. The van der Waals surface area contributed by atoms with Gasteiger partial charge in [-0.1, -0.05) is 6.92 Å². The third kappa shape index (κ3) is 8.82. The predicted octanol–water partition coefficient (Wildman–Crippen LogP) is -0.391. The third-order valence-corrected chi connectivity index (χ3v) is 3.45. The van der Waals surface area contributed by atoms with Crippen LogP contribution < -0.4 is 5.32 Å². The van der Waals surface area contributed by atoms with Crippen molar-refractivity contribution >= 4 is 22.7 Å². The van der Waals surface area contributed by atoms with Gasteiger partial charge in [0.1, 0.15) is 5.75 Å². The van der Waals surface area contributed by atoms with E-state index >= 15 is 0 Å². The van der Waals surface area contributed by atoms with Crippen molar-refractivity contribution in [3.63, 3.8) is 0 Å². The van der Waals surface area contributed by atoms with Crippen molar-refractivity contribution in [1.82, 2.24) is 5.32 Å². The maximum absolute atomic E-state index is 11.4. The normalized spacial score (nSPS) is 14.0. The number of rotatable bonds is 9. The van der Waals surface area contributed by atoms with Crippen molar-refractivity contribution in [3.05, 3.63) is 0 Å². The second-order valence-electron chi connectivity index (χ2n) is 3.69. The summed E-state index contributed by atoms with van der Waals surface area (Å²) in [5.74, 6) is -2.17. The number of carboxylic acid groups (broad SMARTS) is 1. The van der Waals surface area contributed by atoms with Crippen LogP contribution in [-0.4, -0.2) is 53.0 Å². The summed E-state index contributed by atoms with van der Waals surface area (Å²) >= 11 is 0. The smallest absolute Gasteiger partial charge is 0.307 e. The first-order chi connectivity index (χ1) is 7.97. The number of nitrogens with one attached hydrogen (secondary N) is 1. The summed E-state index contributed by atoms with van der Waals surface area (Å²) in [5.41, 5.74) is 0. The lowest BCUT2D eigenvalue weighted by atomic mass is 10.2. The molecule has 6 nitrogen and oxygen atoms in total. The Labute approximate surface area is 103 Å². The minimum absolute atomic E-state index is 0.000818. The molecule has 100 valence electrons. The molecule has 2 atom stereocenters. The first-order valence-corrected chi connectivity index (χ1v) is 6.79. The van der Waals surface area contributed by atoms with Crippen molar-refractivity contribution in [3.8, 4) is 0 Å². The number of hydrogen-bond donors (Lipinski definition) is 2. The van der Waals surface area contributed by atoms with Gasteiger partial charge in [0.25, 0.3) is 0 Å². The summed E-state index contributed by atoms with van der Waals surface area (Å²) in [6, 6.07) is 0. The Morgan fingerprint density at radius 2 is 2.12 bits per heavy atom. The molecule has 0 heterocycles. The van der Waals surface area contributed by atoms with Gasteiger partial charge in [-0.05, 0) is 6.42 Å². The Balaban J connectivity index is 3.73. The van der Waals surface area contributed by atoms with Crippen molar-refractivity contribution in [2.24, 2.45) is 5.92 Å². The molecule has 0 saturated heterocycles. The van der Waals surface area contributed by atoms with Crippen LogP contribution in [0, 0.1) is 5.92 Å². The van der Waals surface area contributed by atoms with Gasteiger partial charge in [-0.15, -0.1) is 0 Å². The number of carbonyl (C=O) groups is 2. The molecule has 0 saturated carbocycles. The molecule has 17 heavy (non-hydrogen) atoms. The Hall–Kier alpha value is -0.950. The van der Waals surface area contributed by atoms with E-state index in [4.69, 9.17) is 9.84 Å². The number of methoxy groups -OCH3 is 1. The maximum Gasteiger partial charge on any atom is 0.307 e. The molecule has 7 heteroatoms. The molecular weight excluding hydrogens is 246 g/mol. The van der Waals surface area contributed by atoms with E-state index in [1.807, 2.05) is 0 Å². The molecule has 1 amide bonds. The minimum atomic E-state index is -1.43. The fourth-order valence-electron chi connectivity index (χ4n) is 1.05. The monoisotopic (exact) mass is 265 g/mol. The molecule has 0 spiro atoms. The van der Waals surface area contributed by atoms with E-state index in [2.05, 4.69) is 5.32 Å². The molecule has 2 unspecified atom stereocenters. The number of aliphatic carboxylic acids is 1. The summed E-state index contributed by atoms with van der Waals surface area (Å²) in [6.07, 6.45) is 0.695. The summed E-state index contributed by atoms with van der Waals surface area (Å²) in [6.45, 7) is 2.49. The van der Waals surface area contributed by atoms with Crippen molar-refractivity contribution < 1.29 is 23.6 Å².